The van der Waals surface area contributed by atoms with E-state index in [-0.39, 0.29) is 6.04 Å². The van der Waals surface area contributed by atoms with Crippen molar-refractivity contribution in [2.75, 3.05) is 5.32 Å². The van der Waals surface area contributed by atoms with E-state index in [9.17, 15) is 0 Å². The molecule has 4 heteroatoms. The number of aromatic nitrogens is 1. The second kappa shape index (κ2) is 5.60. The summed E-state index contributed by atoms with van der Waals surface area (Å²) in [7, 11) is 0. The van der Waals surface area contributed by atoms with Gasteiger partial charge in [-0.25, -0.2) is 0 Å². The van der Waals surface area contributed by atoms with Crippen LogP contribution >= 0.6 is 12.2 Å². The van der Waals surface area contributed by atoms with Crippen LogP contribution in [0.25, 0.3) is 0 Å². The van der Waals surface area contributed by atoms with Gasteiger partial charge in [-0.1, -0.05) is 30.4 Å². The molecule has 2 rings (SSSR count). The third-order valence-electron chi connectivity index (χ3n) is 2.75. The summed E-state index contributed by atoms with van der Waals surface area (Å²) in [6.07, 6.45) is 3.61. The van der Waals surface area contributed by atoms with E-state index in [1.807, 2.05) is 42.6 Å². The van der Waals surface area contributed by atoms with Gasteiger partial charge in [0.2, 0.25) is 0 Å². The Morgan fingerprint density at radius 1 is 1.28 bits per heavy atom. The number of para-hydroxylation sites is 1. The van der Waals surface area contributed by atoms with Crippen molar-refractivity contribution in [2.45, 2.75) is 13.0 Å². The number of hydrogen-bond acceptors (Lipinski definition) is 3. The molecule has 0 saturated heterocycles. The van der Waals surface area contributed by atoms with Gasteiger partial charge in [0.15, 0.2) is 0 Å². The summed E-state index contributed by atoms with van der Waals surface area (Å²) in [5.41, 5.74) is 8.64. The van der Waals surface area contributed by atoms with E-state index in [0.29, 0.717) is 4.99 Å². The highest BCUT2D eigenvalue weighted by atomic mass is 32.1. The molecule has 1 atom stereocenters. The first kappa shape index (κ1) is 12.5. The first-order chi connectivity index (χ1) is 8.68. The number of nitrogens with one attached hydrogen (secondary N) is 1. The quantitative estimate of drug-likeness (QED) is 0.827. The molecule has 0 radical (unpaired) electrons. The lowest BCUT2D eigenvalue weighted by Crippen LogP contribution is -2.15. The molecule has 0 fully saturated rings. The summed E-state index contributed by atoms with van der Waals surface area (Å²) >= 11 is 5.04. The lowest BCUT2D eigenvalue weighted by atomic mass is 10.1. The van der Waals surface area contributed by atoms with Crippen LogP contribution < -0.4 is 11.1 Å². The summed E-state index contributed by atoms with van der Waals surface area (Å²) in [6.45, 7) is 2.08. The number of nitrogens with two attached hydrogens (primary N) is 1. The number of rotatable bonds is 4. The molecule has 1 heterocycles. The third kappa shape index (κ3) is 2.84. The molecule has 92 valence electrons. The Hall–Kier alpha value is -1.94. The van der Waals surface area contributed by atoms with Gasteiger partial charge in [-0.2, -0.15) is 0 Å². The van der Waals surface area contributed by atoms with Crippen molar-refractivity contribution in [3.63, 3.8) is 0 Å². The number of benzene rings is 1. The van der Waals surface area contributed by atoms with Crippen LogP contribution in [0, 0.1) is 0 Å². The number of thiocarbonyl (C=S) groups is 1. The maximum absolute atomic E-state index is 5.71. The van der Waals surface area contributed by atoms with E-state index in [4.69, 9.17) is 18.0 Å². The number of nitrogens with zero attached hydrogens (tertiary/aromatic N) is 1. The molecule has 0 amide bonds. The van der Waals surface area contributed by atoms with Crippen LogP contribution in [-0.4, -0.2) is 9.97 Å². The van der Waals surface area contributed by atoms with E-state index < -0.39 is 0 Å². The van der Waals surface area contributed by atoms with Crippen molar-refractivity contribution < 1.29 is 0 Å². The average Bonchev–Trinajstić information content (AvgIpc) is 2.40. The van der Waals surface area contributed by atoms with Gasteiger partial charge in [0, 0.05) is 23.6 Å². The Labute approximate surface area is 112 Å². The SMILES string of the molecule is CC(Nc1ccccc1C(N)=S)c1cccnc1. The maximum atomic E-state index is 5.71. The van der Waals surface area contributed by atoms with Crippen LogP contribution in [0.3, 0.4) is 0 Å². The van der Waals surface area contributed by atoms with E-state index in [1.165, 1.54) is 0 Å². The first-order valence-corrected chi connectivity index (χ1v) is 6.14. The lowest BCUT2D eigenvalue weighted by molar-refractivity contribution is 0.875. The van der Waals surface area contributed by atoms with Gasteiger partial charge in [-0.05, 0) is 30.7 Å². The lowest BCUT2D eigenvalue weighted by Gasteiger charge is -2.17. The van der Waals surface area contributed by atoms with Gasteiger partial charge in [-0.3, -0.25) is 4.98 Å². The fourth-order valence-electron chi connectivity index (χ4n) is 1.77. The molecule has 0 aliphatic heterocycles. The van der Waals surface area contributed by atoms with E-state index in [0.717, 1.165) is 16.8 Å². The molecule has 1 aromatic heterocycles. The van der Waals surface area contributed by atoms with Crippen LogP contribution in [-0.2, 0) is 0 Å². The predicted octanol–water partition coefficient (Wildman–Crippen LogP) is 2.89. The van der Waals surface area contributed by atoms with E-state index >= 15 is 0 Å². The molecule has 1 aromatic carbocycles. The zero-order chi connectivity index (χ0) is 13.0. The largest absolute Gasteiger partial charge is 0.389 e. The zero-order valence-corrected chi connectivity index (χ0v) is 10.9. The normalized spacial score (nSPS) is 11.8. The Balaban J connectivity index is 2.22. The van der Waals surface area contributed by atoms with E-state index in [1.54, 1.807) is 6.20 Å². The van der Waals surface area contributed by atoms with Gasteiger partial charge in [0.1, 0.15) is 4.99 Å². The fourth-order valence-corrected chi connectivity index (χ4v) is 1.95. The van der Waals surface area contributed by atoms with Crippen LogP contribution in [0.2, 0.25) is 0 Å². The zero-order valence-electron chi connectivity index (χ0n) is 10.1. The summed E-state index contributed by atoms with van der Waals surface area (Å²) in [5, 5.41) is 3.40. The van der Waals surface area contributed by atoms with Crippen LogP contribution in [0.5, 0.6) is 0 Å². The Kier molecular flexibility index (Phi) is 3.89. The standard InChI is InChI=1S/C14H15N3S/c1-10(11-5-4-8-16-9-11)17-13-7-3-2-6-12(13)14(15)18/h2-10,17H,1H3,(H2,15,18). The van der Waals surface area contributed by atoms with Crippen molar-refractivity contribution in [3.8, 4) is 0 Å². The molecule has 3 N–H and O–H groups in total. The molecule has 0 spiro atoms. The second-order valence-electron chi connectivity index (χ2n) is 4.06. The molecule has 0 aliphatic rings. The molecule has 18 heavy (non-hydrogen) atoms. The minimum absolute atomic E-state index is 0.147. The summed E-state index contributed by atoms with van der Waals surface area (Å²) < 4.78 is 0. The molecule has 0 saturated carbocycles. The van der Waals surface area contributed by atoms with Crippen molar-refractivity contribution in [1.29, 1.82) is 0 Å². The average molecular weight is 257 g/mol. The Bertz CT molecular complexity index is 540. The summed E-state index contributed by atoms with van der Waals surface area (Å²) in [5.74, 6) is 0. The topological polar surface area (TPSA) is 50.9 Å². The number of anilines is 1. The second-order valence-corrected chi connectivity index (χ2v) is 4.50. The number of hydrogen-bond donors (Lipinski definition) is 2. The molecular formula is C14H15N3S. The van der Waals surface area contributed by atoms with Crippen molar-refractivity contribution >= 4 is 22.9 Å². The van der Waals surface area contributed by atoms with Gasteiger partial charge < -0.3 is 11.1 Å². The minimum Gasteiger partial charge on any atom is -0.389 e. The smallest absolute Gasteiger partial charge is 0.106 e. The van der Waals surface area contributed by atoms with Gasteiger partial charge in [0.05, 0.1) is 6.04 Å². The Morgan fingerprint density at radius 3 is 2.72 bits per heavy atom. The van der Waals surface area contributed by atoms with Crippen LogP contribution in [0.1, 0.15) is 24.1 Å². The van der Waals surface area contributed by atoms with Crippen LogP contribution in [0.4, 0.5) is 5.69 Å². The van der Waals surface area contributed by atoms with Crippen molar-refractivity contribution in [3.05, 3.63) is 59.9 Å². The molecule has 1 unspecified atom stereocenters. The Morgan fingerprint density at radius 2 is 2.06 bits per heavy atom. The highest BCUT2D eigenvalue weighted by Gasteiger charge is 2.09. The highest BCUT2D eigenvalue weighted by molar-refractivity contribution is 7.80. The first-order valence-electron chi connectivity index (χ1n) is 5.74. The fraction of sp³-hybridized carbons (Fsp3) is 0.143. The highest BCUT2D eigenvalue weighted by Crippen LogP contribution is 2.21. The van der Waals surface area contributed by atoms with Crippen LogP contribution in [0.15, 0.2) is 48.8 Å². The minimum atomic E-state index is 0.147. The van der Waals surface area contributed by atoms with Gasteiger partial charge in [0.25, 0.3) is 0 Å². The summed E-state index contributed by atoms with van der Waals surface area (Å²) in [6, 6.07) is 11.9. The third-order valence-corrected chi connectivity index (χ3v) is 2.97. The summed E-state index contributed by atoms with van der Waals surface area (Å²) in [4.78, 5) is 4.51. The maximum Gasteiger partial charge on any atom is 0.106 e. The molecule has 2 aromatic rings. The number of pyridine rings is 1. The molecule has 0 aliphatic carbocycles. The van der Waals surface area contributed by atoms with Gasteiger partial charge in [-0.15, -0.1) is 0 Å². The molecule has 3 nitrogen and oxygen atoms in total. The van der Waals surface area contributed by atoms with E-state index in [2.05, 4.69) is 17.2 Å². The van der Waals surface area contributed by atoms with Gasteiger partial charge >= 0.3 is 0 Å². The van der Waals surface area contributed by atoms with Crippen molar-refractivity contribution in [2.24, 2.45) is 5.73 Å². The predicted molar refractivity (Wildman–Crippen MR) is 78.6 cm³/mol. The molecule has 0 bridgehead atoms. The molecular weight excluding hydrogens is 242 g/mol. The van der Waals surface area contributed by atoms with Crippen molar-refractivity contribution in [1.82, 2.24) is 4.98 Å². The monoisotopic (exact) mass is 257 g/mol.